The SMILES string of the molecule is CC(C)OCC(N)C1CCC(C)C(C)C1. The average molecular weight is 213 g/mol. The van der Waals surface area contributed by atoms with E-state index >= 15 is 0 Å². The van der Waals surface area contributed by atoms with Gasteiger partial charge in [0.1, 0.15) is 0 Å². The van der Waals surface area contributed by atoms with Gasteiger partial charge in [-0.2, -0.15) is 0 Å². The molecule has 1 saturated carbocycles. The summed E-state index contributed by atoms with van der Waals surface area (Å²) in [6.45, 7) is 9.57. The van der Waals surface area contributed by atoms with Crippen LogP contribution in [0, 0.1) is 17.8 Å². The van der Waals surface area contributed by atoms with Crippen LogP contribution in [0.15, 0.2) is 0 Å². The lowest BCUT2D eigenvalue weighted by Gasteiger charge is -2.35. The number of rotatable bonds is 4. The van der Waals surface area contributed by atoms with Crippen molar-refractivity contribution in [2.45, 2.75) is 59.1 Å². The topological polar surface area (TPSA) is 35.2 Å². The zero-order chi connectivity index (χ0) is 11.4. The highest BCUT2D eigenvalue weighted by Gasteiger charge is 2.28. The van der Waals surface area contributed by atoms with E-state index in [1.54, 1.807) is 0 Å². The van der Waals surface area contributed by atoms with E-state index in [1.165, 1.54) is 19.3 Å². The third-order valence-electron chi connectivity index (χ3n) is 3.87. The first-order valence-electron chi connectivity index (χ1n) is 6.38. The van der Waals surface area contributed by atoms with Gasteiger partial charge in [0.15, 0.2) is 0 Å². The lowest BCUT2D eigenvalue weighted by atomic mass is 9.73. The van der Waals surface area contributed by atoms with Gasteiger partial charge in [0.2, 0.25) is 0 Å². The number of hydrogen-bond donors (Lipinski definition) is 1. The molecule has 2 N–H and O–H groups in total. The normalized spacial score (nSPS) is 34.4. The summed E-state index contributed by atoms with van der Waals surface area (Å²) in [5, 5.41) is 0. The molecule has 0 spiro atoms. The molecule has 4 unspecified atom stereocenters. The van der Waals surface area contributed by atoms with Crippen molar-refractivity contribution in [2.75, 3.05) is 6.61 Å². The smallest absolute Gasteiger partial charge is 0.0623 e. The monoisotopic (exact) mass is 213 g/mol. The number of ether oxygens (including phenoxy) is 1. The Morgan fingerprint density at radius 1 is 1.20 bits per heavy atom. The maximum absolute atomic E-state index is 6.18. The summed E-state index contributed by atoms with van der Waals surface area (Å²) in [6, 6.07) is 0.238. The van der Waals surface area contributed by atoms with Crippen LogP contribution in [-0.2, 0) is 4.74 Å². The van der Waals surface area contributed by atoms with Gasteiger partial charge in [-0.25, -0.2) is 0 Å². The van der Waals surface area contributed by atoms with E-state index < -0.39 is 0 Å². The Kier molecular flexibility index (Phi) is 5.07. The summed E-state index contributed by atoms with van der Waals surface area (Å²) in [7, 11) is 0. The fourth-order valence-electron chi connectivity index (χ4n) is 2.42. The van der Waals surface area contributed by atoms with Crippen LogP contribution in [0.1, 0.15) is 47.0 Å². The minimum Gasteiger partial charge on any atom is -0.377 e. The molecule has 1 fully saturated rings. The van der Waals surface area contributed by atoms with Crippen molar-refractivity contribution < 1.29 is 4.74 Å². The van der Waals surface area contributed by atoms with E-state index in [2.05, 4.69) is 27.7 Å². The Balaban J connectivity index is 2.30. The maximum atomic E-state index is 6.18. The Labute approximate surface area is 94.6 Å². The molecule has 0 aliphatic heterocycles. The summed E-state index contributed by atoms with van der Waals surface area (Å²) in [6.07, 6.45) is 4.20. The van der Waals surface area contributed by atoms with Gasteiger partial charge >= 0.3 is 0 Å². The van der Waals surface area contributed by atoms with Gasteiger partial charge in [0.05, 0.1) is 12.7 Å². The van der Waals surface area contributed by atoms with Crippen LogP contribution in [0.4, 0.5) is 0 Å². The summed E-state index contributed by atoms with van der Waals surface area (Å²) in [4.78, 5) is 0. The van der Waals surface area contributed by atoms with Gasteiger partial charge < -0.3 is 10.5 Å². The Hall–Kier alpha value is -0.0800. The molecule has 0 heterocycles. The second-order valence-corrected chi connectivity index (χ2v) is 5.57. The lowest BCUT2D eigenvalue weighted by Crippen LogP contribution is -2.39. The van der Waals surface area contributed by atoms with Crippen molar-refractivity contribution in [1.82, 2.24) is 0 Å². The van der Waals surface area contributed by atoms with Gasteiger partial charge in [-0.15, -0.1) is 0 Å². The number of hydrogen-bond acceptors (Lipinski definition) is 2. The third kappa shape index (κ3) is 4.12. The van der Waals surface area contributed by atoms with Crippen molar-refractivity contribution in [2.24, 2.45) is 23.5 Å². The first-order valence-corrected chi connectivity index (χ1v) is 6.38. The third-order valence-corrected chi connectivity index (χ3v) is 3.87. The van der Waals surface area contributed by atoms with Crippen molar-refractivity contribution in [3.05, 3.63) is 0 Å². The van der Waals surface area contributed by atoms with E-state index in [4.69, 9.17) is 10.5 Å². The van der Waals surface area contributed by atoms with Crippen LogP contribution in [0.3, 0.4) is 0 Å². The van der Waals surface area contributed by atoms with Gasteiger partial charge in [-0.1, -0.05) is 20.3 Å². The Morgan fingerprint density at radius 2 is 1.87 bits per heavy atom. The molecule has 2 nitrogen and oxygen atoms in total. The van der Waals surface area contributed by atoms with Crippen LogP contribution < -0.4 is 5.73 Å². The van der Waals surface area contributed by atoms with Crippen molar-refractivity contribution in [3.63, 3.8) is 0 Å². The molecule has 0 aromatic rings. The maximum Gasteiger partial charge on any atom is 0.0623 e. The molecule has 0 amide bonds. The predicted octanol–water partition coefficient (Wildman–Crippen LogP) is 2.81. The second-order valence-electron chi connectivity index (χ2n) is 5.57. The van der Waals surface area contributed by atoms with E-state index in [1.807, 2.05) is 0 Å². The van der Waals surface area contributed by atoms with E-state index in [0.717, 1.165) is 18.4 Å². The van der Waals surface area contributed by atoms with E-state index in [9.17, 15) is 0 Å². The minimum atomic E-state index is 0.238. The highest BCUT2D eigenvalue weighted by molar-refractivity contribution is 4.81. The van der Waals surface area contributed by atoms with Gasteiger partial charge in [-0.3, -0.25) is 0 Å². The van der Waals surface area contributed by atoms with Crippen LogP contribution in [0.2, 0.25) is 0 Å². The standard InChI is InChI=1S/C13H27NO/c1-9(2)15-8-13(14)12-6-5-10(3)11(4)7-12/h9-13H,5-8,14H2,1-4H3. The van der Waals surface area contributed by atoms with Crippen molar-refractivity contribution >= 4 is 0 Å². The molecular weight excluding hydrogens is 186 g/mol. The number of nitrogens with two attached hydrogens (primary N) is 1. The van der Waals surface area contributed by atoms with Crippen LogP contribution in [0.25, 0.3) is 0 Å². The first-order chi connectivity index (χ1) is 7.00. The van der Waals surface area contributed by atoms with Crippen molar-refractivity contribution in [1.29, 1.82) is 0 Å². The van der Waals surface area contributed by atoms with Crippen LogP contribution >= 0.6 is 0 Å². The van der Waals surface area contributed by atoms with E-state index in [0.29, 0.717) is 12.0 Å². The predicted molar refractivity (Wildman–Crippen MR) is 64.7 cm³/mol. The van der Waals surface area contributed by atoms with Crippen LogP contribution in [0.5, 0.6) is 0 Å². The summed E-state index contributed by atoms with van der Waals surface area (Å²) < 4.78 is 5.59. The Bertz CT molecular complexity index is 181. The zero-order valence-corrected chi connectivity index (χ0v) is 10.7. The molecule has 1 aliphatic rings. The fourth-order valence-corrected chi connectivity index (χ4v) is 2.42. The molecule has 0 aromatic carbocycles. The summed E-state index contributed by atoms with van der Waals surface area (Å²) in [5.74, 6) is 2.38. The van der Waals surface area contributed by atoms with Gasteiger partial charge in [0.25, 0.3) is 0 Å². The molecule has 1 aliphatic carbocycles. The quantitative estimate of drug-likeness (QED) is 0.779. The highest BCUT2D eigenvalue weighted by atomic mass is 16.5. The molecule has 0 aromatic heterocycles. The van der Waals surface area contributed by atoms with Gasteiger partial charge in [0, 0.05) is 6.04 Å². The molecule has 4 atom stereocenters. The van der Waals surface area contributed by atoms with Crippen molar-refractivity contribution in [3.8, 4) is 0 Å². The average Bonchev–Trinajstić information content (AvgIpc) is 2.18. The van der Waals surface area contributed by atoms with Crippen LogP contribution in [-0.4, -0.2) is 18.8 Å². The van der Waals surface area contributed by atoms with E-state index in [-0.39, 0.29) is 6.04 Å². The first kappa shape index (κ1) is 13.0. The molecule has 0 bridgehead atoms. The molecule has 15 heavy (non-hydrogen) atoms. The highest BCUT2D eigenvalue weighted by Crippen LogP contribution is 2.34. The second kappa shape index (κ2) is 5.86. The molecule has 2 heteroatoms. The molecule has 0 radical (unpaired) electrons. The molecular formula is C13H27NO. The molecule has 1 rings (SSSR count). The molecule has 90 valence electrons. The van der Waals surface area contributed by atoms with Gasteiger partial charge in [-0.05, 0) is 44.4 Å². The fraction of sp³-hybridized carbons (Fsp3) is 1.00. The summed E-state index contributed by atoms with van der Waals surface area (Å²) >= 11 is 0. The largest absolute Gasteiger partial charge is 0.377 e. The Morgan fingerprint density at radius 3 is 2.40 bits per heavy atom. The zero-order valence-electron chi connectivity index (χ0n) is 10.7. The summed E-state index contributed by atoms with van der Waals surface area (Å²) in [5.41, 5.74) is 6.18. The molecule has 0 saturated heterocycles. The minimum absolute atomic E-state index is 0.238. The lowest BCUT2D eigenvalue weighted by molar-refractivity contribution is 0.0456.